The molecule has 1 N–H and O–H groups in total. The van der Waals surface area contributed by atoms with Gasteiger partial charge in [0.25, 0.3) is 5.56 Å². The molecule has 1 saturated heterocycles. The predicted molar refractivity (Wildman–Crippen MR) is 132 cm³/mol. The molecule has 2 aromatic carbocycles. The van der Waals surface area contributed by atoms with Crippen LogP contribution in [0.5, 0.6) is 0 Å². The predicted octanol–water partition coefficient (Wildman–Crippen LogP) is 3.99. The third-order valence-electron chi connectivity index (χ3n) is 6.73. The summed E-state index contributed by atoms with van der Waals surface area (Å²) in [6, 6.07) is 15.8. The molecule has 5 aromatic rings. The topological polar surface area (TPSA) is 95.5 Å². The fourth-order valence-electron chi connectivity index (χ4n) is 5.03. The molecular weight excluding hydrogens is 426 g/mol. The van der Waals surface area contributed by atoms with Crippen LogP contribution in [0.4, 0.5) is 5.69 Å². The van der Waals surface area contributed by atoms with Gasteiger partial charge in [-0.3, -0.25) is 14.0 Å². The van der Waals surface area contributed by atoms with Gasteiger partial charge in [0, 0.05) is 48.7 Å². The summed E-state index contributed by atoms with van der Waals surface area (Å²) in [5, 5.41) is 15.6. The minimum atomic E-state index is 0.00272. The van der Waals surface area contributed by atoms with E-state index < -0.39 is 0 Å². The van der Waals surface area contributed by atoms with Crippen LogP contribution >= 0.6 is 0 Å². The molecule has 8 heteroatoms. The molecule has 8 nitrogen and oxygen atoms in total. The lowest BCUT2D eigenvalue weighted by molar-refractivity contribution is 0.395. The highest BCUT2D eigenvalue weighted by atomic mass is 16.1. The Kier molecular flexibility index (Phi) is 4.69. The van der Waals surface area contributed by atoms with Crippen molar-refractivity contribution in [3.8, 4) is 17.3 Å². The van der Waals surface area contributed by atoms with E-state index in [1.165, 1.54) is 0 Å². The van der Waals surface area contributed by atoms with Crippen LogP contribution in [0, 0.1) is 11.3 Å². The van der Waals surface area contributed by atoms with Gasteiger partial charge in [0.2, 0.25) is 0 Å². The van der Waals surface area contributed by atoms with Crippen LogP contribution in [0.2, 0.25) is 0 Å². The molecule has 0 bridgehead atoms. The van der Waals surface area contributed by atoms with Gasteiger partial charge in [-0.15, -0.1) is 0 Å². The number of aryl methyl sites for hydroxylation is 1. The minimum absolute atomic E-state index is 0.00272. The number of anilines is 1. The monoisotopic (exact) mass is 449 g/mol. The first-order chi connectivity index (χ1) is 16.6. The summed E-state index contributed by atoms with van der Waals surface area (Å²) in [5.74, 6) is 0. The van der Waals surface area contributed by atoms with Crippen molar-refractivity contribution in [3.63, 3.8) is 0 Å². The van der Waals surface area contributed by atoms with E-state index in [1.807, 2.05) is 55.8 Å². The van der Waals surface area contributed by atoms with E-state index >= 15 is 0 Å². The number of piperidine rings is 1. The molecule has 1 aliphatic heterocycles. The van der Waals surface area contributed by atoms with Gasteiger partial charge in [0.1, 0.15) is 6.07 Å². The zero-order valence-electron chi connectivity index (χ0n) is 18.8. The number of para-hydroxylation sites is 1. The van der Waals surface area contributed by atoms with Crippen LogP contribution in [-0.4, -0.2) is 37.4 Å². The van der Waals surface area contributed by atoms with Crippen LogP contribution in [0.15, 0.2) is 66.0 Å². The molecule has 0 amide bonds. The third-order valence-corrected chi connectivity index (χ3v) is 6.73. The number of nitrogens with one attached hydrogen (secondary N) is 1. The average molecular weight is 450 g/mol. The second-order valence-electron chi connectivity index (χ2n) is 8.83. The summed E-state index contributed by atoms with van der Waals surface area (Å²) in [6.45, 7) is 1.59. The molecule has 0 aliphatic carbocycles. The first kappa shape index (κ1) is 20.2. The second-order valence-corrected chi connectivity index (χ2v) is 8.83. The minimum Gasteiger partial charge on any atom is -0.369 e. The number of aromatic nitrogens is 5. The van der Waals surface area contributed by atoms with Gasteiger partial charge in [-0.2, -0.15) is 10.4 Å². The largest absolute Gasteiger partial charge is 0.369 e. The van der Waals surface area contributed by atoms with Gasteiger partial charge in [0.15, 0.2) is 0 Å². The van der Waals surface area contributed by atoms with E-state index in [0.717, 1.165) is 52.8 Å². The van der Waals surface area contributed by atoms with Crippen molar-refractivity contribution in [2.45, 2.75) is 18.9 Å². The number of nitriles is 1. The summed E-state index contributed by atoms with van der Waals surface area (Å²) in [5.41, 5.74) is 5.12. The maximum atomic E-state index is 13.2. The van der Waals surface area contributed by atoms with Crippen molar-refractivity contribution in [2.24, 2.45) is 7.05 Å². The number of aromatic amines is 1. The first-order valence-corrected chi connectivity index (χ1v) is 11.4. The van der Waals surface area contributed by atoms with E-state index in [9.17, 15) is 10.1 Å². The molecule has 3 aromatic heterocycles. The maximum absolute atomic E-state index is 13.2. The normalized spacial score (nSPS) is 16.2. The molecule has 34 heavy (non-hydrogen) atoms. The maximum Gasteiger partial charge on any atom is 0.261 e. The number of nitrogens with zero attached hydrogens (tertiary/aromatic N) is 6. The van der Waals surface area contributed by atoms with Gasteiger partial charge in [-0.1, -0.05) is 12.1 Å². The quantitative estimate of drug-likeness (QED) is 0.449. The Morgan fingerprint density at radius 1 is 1.18 bits per heavy atom. The van der Waals surface area contributed by atoms with Crippen molar-refractivity contribution in [3.05, 3.63) is 77.1 Å². The molecule has 0 saturated carbocycles. The van der Waals surface area contributed by atoms with Crippen molar-refractivity contribution in [1.82, 2.24) is 24.3 Å². The number of H-pyrrole nitrogens is 1. The molecule has 1 atom stereocenters. The molecule has 1 fully saturated rings. The summed E-state index contributed by atoms with van der Waals surface area (Å²) >= 11 is 0. The highest BCUT2D eigenvalue weighted by Gasteiger charge is 2.25. The molecule has 0 radical (unpaired) electrons. The van der Waals surface area contributed by atoms with Crippen LogP contribution < -0.4 is 10.5 Å². The van der Waals surface area contributed by atoms with Crippen molar-refractivity contribution < 1.29 is 0 Å². The van der Waals surface area contributed by atoms with Crippen LogP contribution in [0.3, 0.4) is 0 Å². The Morgan fingerprint density at radius 2 is 2.06 bits per heavy atom. The smallest absolute Gasteiger partial charge is 0.261 e. The van der Waals surface area contributed by atoms with Crippen molar-refractivity contribution in [1.29, 1.82) is 5.26 Å². The van der Waals surface area contributed by atoms with Crippen LogP contribution in [0.25, 0.3) is 33.1 Å². The Bertz CT molecular complexity index is 1630. The summed E-state index contributed by atoms with van der Waals surface area (Å²) < 4.78 is 3.55. The molecular formula is C26H23N7O. The van der Waals surface area contributed by atoms with Crippen LogP contribution in [-0.2, 0) is 7.05 Å². The van der Waals surface area contributed by atoms with Gasteiger partial charge >= 0.3 is 0 Å². The fourth-order valence-corrected chi connectivity index (χ4v) is 5.03. The van der Waals surface area contributed by atoms with Gasteiger partial charge in [0.05, 0.1) is 40.5 Å². The number of rotatable bonds is 3. The van der Waals surface area contributed by atoms with Crippen molar-refractivity contribution in [2.75, 3.05) is 18.0 Å². The average Bonchev–Trinajstić information content (AvgIpc) is 3.50. The molecule has 0 unspecified atom stereocenters. The Labute approximate surface area is 195 Å². The zero-order valence-corrected chi connectivity index (χ0v) is 18.8. The van der Waals surface area contributed by atoms with E-state index in [-0.39, 0.29) is 11.6 Å². The zero-order chi connectivity index (χ0) is 23.2. The second kappa shape index (κ2) is 7.89. The number of hydrogen-bond acceptors (Lipinski definition) is 5. The Balaban J connectivity index is 1.40. The number of hydrogen-bond donors (Lipinski definition) is 1. The lowest BCUT2D eigenvalue weighted by Gasteiger charge is -2.35. The summed E-state index contributed by atoms with van der Waals surface area (Å²) in [4.78, 5) is 23.5. The Morgan fingerprint density at radius 3 is 2.88 bits per heavy atom. The fraction of sp³-hybridized carbons (Fsp3) is 0.231. The SMILES string of the molecule is Cn1cc(-c2cc3c(N4CCC[C@@H](n5cnc6ccccc6c5=O)C4)ccc(C#N)c3[nH]2)cn1. The molecule has 4 heterocycles. The lowest BCUT2D eigenvalue weighted by Crippen LogP contribution is -2.40. The first-order valence-electron chi connectivity index (χ1n) is 11.4. The summed E-state index contributed by atoms with van der Waals surface area (Å²) in [6.07, 6.45) is 7.33. The summed E-state index contributed by atoms with van der Waals surface area (Å²) in [7, 11) is 1.88. The van der Waals surface area contributed by atoms with Crippen LogP contribution in [0.1, 0.15) is 24.4 Å². The van der Waals surface area contributed by atoms with E-state index in [0.29, 0.717) is 17.5 Å². The third kappa shape index (κ3) is 3.25. The standard InChI is InChI=1S/C26H23N7O/c1-31-14-18(13-29-31)23-11-21-24(9-8-17(12-27)25(21)30-23)32-10-4-5-19(15-32)33-16-28-22-7-3-2-6-20(22)26(33)34/h2-3,6-9,11,13-14,16,19,30H,4-5,10,15H2,1H3/t19-/m1/s1. The molecule has 168 valence electrons. The number of fused-ring (bicyclic) bond motifs is 2. The van der Waals surface area contributed by atoms with E-state index in [2.05, 4.69) is 32.1 Å². The van der Waals surface area contributed by atoms with Crippen molar-refractivity contribution >= 4 is 27.5 Å². The Hall–Kier alpha value is -4.38. The molecule has 0 spiro atoms. The highest BCUT2D eigenvalue weighted by molar-refractivity contribution is 5.99. The highest BCUT2D eigenvalue weighted by Crippen LogP contribution is 2.35. The van der Waals surface area contributed by atoms with E-state index in [4.69, 9.17) is 0 Å². The lowest BCUT2D eigenvalue weighted by atomic mass is 10.0. The number of benzene rings is 2. The van der Waals surface area contributed by atoms with Gasteiger partial charge < -0.3 is 9.88 Å². The van der Waals surface area contributed by atoms with E-state index in [1.54, 1.807) is 15.6 Å². The molecule has 1 aliphatic rings. The molecule has 6 rings (SSSR count). The van der Waals surface area contributed by atoms with Gasteiger partial charge in [-0.05, 0) is 43.2 Å². The van der Waals surface area contributed by atoms with Gasteiger partial charge in [-0.25, -0.2) is 4.98 Å².